The SMILES string of the molecule is CN[C@H](C)C(=O)N[C@@H]1CCc2ccccc2N(Cc2ccc(-c3ccccc3-c3nn[nH]n3)cc2)C1=O. The normalized spacial score (nSPS) is 16.1. The molecule has 0 saturated heterocycles. The van der Waals surface area contributed by atoms with E-state index in [-0.39, 0.29) is 17.9 Å². The van der Waals surface area contributed by atoms with Crippen molar-refractivity contribution in [1.82, 2.24) is 31.3 Å². The molecule has 4 aromatic rings. The number of H-pyrrole nitrogens is 1. The Hall–Kier alpha value is -4.37. The van der Waals surface area contributed by atoms with Gasteiger partial charge in [0.25, 0.3) is 0 Å². The largest absolute Gasteiger partial charge is 0.343 e. The zero-order valence-electron chi connectivity index (χ0n) is 20.8. The number of aryl methyl sites for hydroxylation is 1. The fraction of sp³-hybridized carbons (Fsp3) is 0.250. The molecule has 0 spiro atoms. The zero-order chi connectivity index (χ0) is 25.8. The third-order valence-corrected chi connectivity index (χ3v) is 6.81. The zero-order valence-corrected chi connectivity index (χ0v) is 20.8. The lowest BCUT2D eigenvalue weighted by Crippen LogP contribution is -2.52. The Morgan fingerprint density at radius 2 is 1.78 bits per heavy atom. The minimum Gasteiger partial charge on any atom is -0.343 e. The number of para-hydroxylation sites is 1. The topological polar surface area (TPSA) is 116 Å². The summed E-state index contributed by atoms with van der Waals surface area (Å²) < 4.78 is 0. The van der Waals surface area contributed by atoms with Gasteiger partial charge in [0.1, 0.15) is 6.04 Å². The smallest absolute Gasteiger partial charge is 0.249 e. The fourth-order valence-corrected chi connectivity index (χ4v) is 4.62. The lowest BCUT2D eigenvalue weighted by Gasteiger charge is -2.27. The number of hydrogen-bond donors (Lipinski definition) is 3. The van der Waals surface area contributed by atoms with Crippen LogP contribution >= 0.6 is 0 Å². The van der Waals surface area contributed by atoms with Crippen molar-refractivity contribution in [3.05, 3.63) is 83.9 Å². The first-order chi connectivity index (χ1) is 18.0. The molecule has 2 amide bonds. The van der Waals surface area contributed by atoms with Crippen LogP contribution in [0.25, 0.3) is 22.5 Å². The van der Waals surface area contributed by atoms with E-state index in [0.717, 1.165) is 33.5 Å². The number of amides is 2. The van der Waals surface area contributed by atoms with Gasteiger partial charge in [0.05, 0.1) is 12.6 Å². The molecule has 0 bridgehead atoms. The van der Waals surface area contributed by atoms with Crippen LogP contribution in [0.15, 0.2) is 72.8 Å². The molecule has 1 aliphatic rings. The van der Waals surface area contributed by atoms with Crippen molar-refractivity contribution in [2.75, 3.05) is 11.9 Å². The van der Waals surface area contributed by atoms with Crippen molar-refractivity contribution in [1.29, 1.82) is 0 Å². The number of aromatic nitrogens is 4. The molecule has 3 N–H and O–H groups in total. The molecule has 5 rings (SSSR count). The monoisotopic (exact) mass is 495 g/mol. The van der Waals surface area contributed by atoms with E-state index in [4.69, 9.17) is 0 Å². The van der Waals surface area contributed by atoms with Crippen LogP contribution in [0, 0.1) is 0 Å². The number of anilines is 1. The van der Waals surface area contributed by atoms with Gasteiger partial charge in [-0.15, -0.1) is 10.2 Å². The molecule has 0 aliphatic carbocycles. The molecule has 0 fully saturated rings. The molecule has 37 heavy (non-hydrogen) atoms. The number of likely N-dealkylation sites (N-methyl/N-ethyl adjacent to an activating group) is 1. The maximum absolute atomic E-state index is 13.7. The summed E-state index contributed by atoms with van der Waals surface area (Å²) in [6.07, 6.45) is 1.27. The van der Waals surface area contributed by atoms with Crippen molar-refractivity contribution in [3.8, 4) is 22.5 Å². The van der Waals surface area contributed by atoms with E-state index in [1.54, 1.807) is 18.9 Å². The van der Waals surface area contributed by atoms with Gasteiger partial charge in [-0.25, -0.2) is 0 Å². The standard InChI is InChI=1S/C28H29N7O2/c1-18(29-2)27(36)30-24-16-15-21-7-3-6-10-25(21)35(28(24)37)17-19-11-13-20(14-12-19)22-8-4-5-9-23(22)26-31-33-34-32-26/h3-14,18,24,29H,15-17H2,1-2H3,(H,30,36)(H,31,32,33,34)/t18-,24-/m1/s1. The second-order valence-corrected chi connectivity index (χ2v) is 9.14. The van der Waals surface area contributed by atoms with Crippen LogP contribution in [-0.2, 0) is 22.6 Å². The van der Waals surface area contributed by atoms with Crippen LogP contribution in [0.3, 0.4) is 0 Å². The molecule has 9 heteroatoms. The molecule has 0 saturated carbocycles. The maximum Gasteiger partial charge on any atom is 0.249 e. The molecule has 0 unspecified atom stereocenters. The minimum atomic E-state index is -0.586. The molecule has 3 aromatic carbocycles. The second kappa shape index (κ2) is 10.7. The van der Waals surface area contributed by atoms with Crippen LogP contribution in [0.2, 0.25) is 0 Å². The van der Waals surface area contributed by atoms with Crippen molar-refractivity contribution in [3.63, 3.8) is 0 Å². The van der Waals surface area contributed by atoms with Crippen molar-refractivity contribution in [2.45, 2.75) is 38.4 Å². The number of nitrogens with zero attached hydrogens (tertiary/aromatic N) is 4. The van der Waals surface area contributed by atoms with E-state index < -0.39 is 6.04 Å². The van der Waals surface area contributed by atoms with Gasteiger partial charge in [0.2, 0.25) is 17.6 Å². The third kappa shape index (κ3) is 5.12. The summed E-state index contributed by atoms with van der Waals surface area (Å²) in [5.41, 5.74) is 5.86. The highest BCUT2D eigenvalue weighted by molar-refractivity contribution is 6.00. The number of rotatable bonds is 7. The lowest BCUT2D eigenvalue weighted by atomic mass is 9.98. The van der Waals surface area contributed by atoms with Crippen LogP contribution < -0.4 is 15.5 Å². The van der Waals surface area contributed by atoms with Crippen LogP contribution in [0.4, 0.5) is 5.69 Å². The summed E-state index contributed by atoms with van der Waals surface area (Å²) in [6, 6.07) is 23.0. The van der Waals surface area contributed by atoms with Gasteiger partial charge < -0.3 is 15.5 Å². The van der Waals surface area contributed by atoms with Crippen molar-refractivity contribution < 1.29 is 9.59 Å². The molecule has 1 aliphatic heterocycles. The van der Waals surface area contributed by atoms with E-state index in [9.17, 15) is 9.59 Å². The maximum atomic E-state index is 13.7. The Kier molecular flexibility index (Phi) is 7.04. The number of nitrogens with one attached hydrogen (secondary N) is 3. The van der Waals surface area contributed by atoms with Gasteiger partial charge in [-0.2, -0.15) is 5.21 Å². The van der Waals surface area contributed by atoms with Gasteiger partial charge >= 0.3 is 0 Å². The average molecular weight is 496 g/mol. The molecular formula is C28H29N7O2. The number of carbonyl (C=O) groups is 2. The lowest BCUT2D eigenvalue weighted by molar-refractivity contribution is -0.128. The second-order valence-electron chi connectivity index (χ2n) is 9.14. The fourth-order valence-electron chi connectivity index (χ4n) is 4.62. The van der Waals surface area contributed by atoms with Crippen molar-refractivity contribution >= 4 is 17.5 Å². The molecule has 9 nitrogen and oxygen atoms in total. The number of aromatic amines is 1. The predicted octanol–water partition coefficient (Wildman–Crippen LogP) is 3.11. The van der Waals surface area contributed by atoms with Crippen LogP contribution in [-0.4, -0.2) is 51.6 Å². The predicted molar refractivity (Wildman–Crippen MR) is 141 cm³/mol. The Labute approximate surface area is 215 Å². The number of benzene rings is 3. The summed E-state index contributed by atoms with van der Waals surface area (Å²) in [4.78, 5) is 28.0. The van der Waals surface area contributed by atoms with E-state index in [2.05, 4.69) is 31.3 Å². The van der Waals surface area contributed by atoms with Gasteiger partial charge in [-0.3, -0.25) is 9.59 Å². The summed E-state index contributed by atoms with van der Waals surface area (Å²) in [7, 11) is 1.73. The molecule has 2 atom stereocenters. The van der Waals surface area contributed by atoms with Gasteiger partial charge in [-0.05, 0) is 60.3 Å². The van der Waals surface area contributed by atoms with E-state index in [1.165, 1.54) is 0 Å². The summed E-state index contributed by atoms with van der Waals surface area (Å²) in [5.74, 6) is 0.247. The van der Waals surface area contributed by atoms with E-state index >= 15 is 0 Å². The number of carbonyl (C=O) groups excluding carboxylic acids is 2. The van der Waals surface area contributed by atoms with Gasteiger partial charge in [0, 0.05) is 11.3 Å². The highest BCUT2D eigenvalue weighted by atomic mass is 16.2. The first-order valence-corrected chi connectivity index (χ1v) is 12.3. The quantitative estimate of drug-likeness (QED) is 0.363. The summed E-state index contributed by atoms with van der Waals surface area (Å²) >= 11 is 0. The Bertz CT molecular complexity index is 1390. The highest BCUT2D eigenvalue weighted by Crippen LogP contribution is 2.31. The van der Waals surface area contributed by atoms with E-state index in [1.807, 2.05) is 72.8 Å². The molecule has 2 heterocycles. The molecule has 188 valence electrons. The molecule has 1 aromatic heterocycles. The Morgan fingerprint density at radius 3 is 2.51 bits per heavy atom. The average Bonchev–Trinajstić information content (AvgIpc) is 3.45. The van der Waals surface area contributed by atoms with Gasteiger partial charge in [0.15, 0.2) is 0 Å². The molecule has 0 radical (unpaired) electrons. The number of tetrazole rings is 1. The Balaban J connectivity index is 1.42. The Morgan fingerprint density at radius 1 is 1.05 bits per heavy atom. The third-order valence-electron chi connectivity index (χ3n) is 6.81. The minimum absolute atomic E-state index is 0.104. The highest BCUT2D eigenvalue weighted by Gasteiger charge is 2.32. The van der Waals surface area contributed by atoms with Gasteiger partial charge in [-0.1, -0.05) is 66.7 Å². The molecular weight excluding hydrogens is 466 g/mol. The summed E-state index contributed by atoms with van der Waals surface area (Å²) in [6.45, 7) is 2.18. The first-order valence-electron chi connectivity index (χ1n) is 12.3. The number of hydrogen-bond acceptors (Lipinski definition) is 6. The van der Waals surface area contributed by atoms with Crippen LogP contribution in [0.1, 0.15) is 24.5 Å². The van der Waals surface area contributed by atoms with E-state index in [0.29, 0.717) is 25.2 Å². The number of fused-ring (bicyclic) bond motifs is 1. The summed E-state index contributed by atoms with van der Waals surface area (Å²) in [5, 5.41) is 20.3. The van der Waals surface area contributed by atoms with Crippen LogP contribution in [0.5, 0.6) is 0 Å². The first kappa shape index (κ1) is 24.3. The van der Waals surface area contributed by atoms with Crippen molar-refractivity contribution in [2.24, 2.45) is 0 Å².